The molecule has 0 atom stereocenters. The van der Waals surface area contributed by atoms with Gasteiger partial charge in [-0.25, -0.2) is 6.08 Å². The van der Waals surface area contributed by atoms with E-state index in [4.69, 9.17) is 0 Å². The number of hydrogen-bond acceptors (Lipinski definition) is 0. The second-order valence-corrected chi connectivity index (χ2v) is 12.0. The Balaban J connectivity index is 0.000000299. The van der Waals surface area contributed by atoms with Crippen molar-refractivity contribution in [2.75, 3.05) is 0 Å². The summed E-state index contributed by atoms with van der Waals surface area (Å²) in [4.78, 5) is 0. The number of allylic oxidation sites excluding steroid dienone is 4. The van der Waals surface area contributed by atoms with E-state index in [-0.39, 0.29) is 24.8 Å². The van der Waals surface area contributed by atoms with Crippen LogP contribution in [0.2, 0.25) is 0 Å². The molecule has 0 unspecified atom stereocenters. The Morgan fingerprint density at radius 3 is 1.71 bits per heavy atom. The Labute approximate surface area is 256 Å². The molecule has 1 aliphatic rings. The Kier molecular flexibility index (Phi) is 13.7. The van der Waals surface area contributed by atoms with Gasteiger partial charge in [0.25, 0.3) is 0 Å². The summed E-state index contributed by atoms with van der Waals surface area (Å²) in [7, 11) is 0. The first-order chi connectivity index (χ1) is 17.1. The third-order valence-corrected chi connectivity index (χ3v) is 6.98. The monoisotopic (exact) mass is 616 g/mol. The minimum Gasteiger partial charge on any atom is -1.00 e. The van der Waals surface area contributed by atoms with Gasteiger partial charge in [0.15, 0.2) is 0 Å². The molecule has 3 heteroatoms. The topological polar surface area (TPSA) is 0 Å². The molecule has 0 fully saturated rings. The summed E-state index contributed by atoms with van der Waals surface area (Å²) >= 11 is 1.51. The van der Waals surface area contributed by atoms with Gasteiger partial charge in [0, 0.05) is 0 Å². The van der Waals surface area contributed by atoms with Crippen molar-refractivity contribution < 1.29 is 49.0 Å². The van der Waals surface area contributed by atoms with Crippen LogP contribution in [-0.4, -0.2) is 3.21 Å². The van der Waals surface area contributed by atoms with E-state index >= 15 is 0 Å². The van der Waals surface area contributed by atoms with Crippen molar-refractivity contribution in [2.45, 2.75) is 41.0 Å². The Bertz CT molecular complexity index is 1380. The molecule has 0 nitrogen and oxygen atoms in total. The average molecular weight is 619 g/mol. The van der Waals surface area contributed by atoms with Gasteiger partial charge in [-0.1, -0.05) is 75.8 Å². The minimum absolute atomic E-state index is 0. The smallest absolute Gasteiger partial charge is 1.00 e. The van der Waals surface area contributed by atoms with Crippen LogP contribution >= 0.6 is 0 Å². The number of aryl methyl sites for hydroxylation is 1. The molecule has 1 aliphatic carbocycles. The molecule has 0 heterocycles. The largest absolute Gasteiger partial charge is 1.00 e. The van der Waals surface area contributed by atoms with E-state index in [2.05, 4.69) is 133 Å². The van der Waals surface area contributed by atoms with Gasteiger partial charge in [0.05, 0.1) is 0 Å². The van der Waals surface area contributed by atoms with Crippen LogP contribution in [0.5, 0.6) is 0 Å². The predicted octanol–water partition coefficient (Wildman–Crippen LogP) is 3.81. The number of halogens is 2. The zero-order chi connectivity index (χ0) is 26.3. The van der Waals surface area contributed by atoms with Crippen LogP contribution < -0.4 is 24.8 Å². The summed E-state index contributed by atoms with van der Waals surface area (Å²) < 4.78 is 1.46. The van der Waals surface area contributed by atoms with Crippen molar-refractivity contribution in [2.24, 2.45) is 5.41 Å². The van der Waals surface area contributed by atoms with E-state index in [1.807, 2.05) is 12.2 Å². The standard InChI is InChI=1S/C17H13.C9H13.C9H10.2ClH.Zr/c1-3-12-5-7-14-11-15-8-6-13(4-2)10-17(15)16(14)9-12;1-9(2,3)8-6-4-5-7-8;1-3-9-6-4-8(2)5-7-9;;;/h3-11H,1-2H2;6-7H,4H2,1-3H3;4-7H,1-2H3;2*1H;/q2*-1;;;;+2/p-2. The zero-order valence-corrected chi connectivity index (χ0v) is 27.0. The third-order valence-electron chi connectivity index (χ3n) is 6.28. The Morgan fingerprint density at radius 1 is 0.868 bits per heavy atom. The second kappa shape index (κ2) is 15.4. The maximum Gasteiger partial charge on any atom is -1.00 e. The quantitative estimate of drug-likeness (QED) is 0.307. The van der Waals surface area contributed by atoms with E-state index in [1.54, 1.807) is 0 Å². The molecule has 4 aromatic rings. The maximum absolute atomic E-state index is 3.82. The minimum atomic E-state index is 0. The summed E-state index contributed by atoms with van der Waals surface area (Å²) in [6.07, 6.45) is 12.3. The fourth-order valence-corrected chi connectivity index (χ4v) is 4.42. The summed E-state index contributed by atoms with van der Waals surface area (Å²) in [5, 5.41) is 5.15. The van der Waals surface area contributed by atoms with Crippen molar-refractivity contribution in [3.8, 4) is 0 Å². The van der Waals surface area contributed by atoms with Crippen LogP contribution in [0.25, 0.3) is 33.7 Å². The van der Waals surface area contributed by atoms with Gasteiger partial charge >= 0.3 is 76.7 Å². The van der Waals surface area contributed by atoms with Crippen molar-refractivity contribution >= 4 is 36.9 Å². The molecular formula is C35H36Cl2Zr-2. The van der Waals surface area contributed by atoms with Gasteiger partial charge in [-0.3, -0.25) is 6.08 Å². The molecule has 0 N–H and O–H groups in total. The molecule has 5 rings (SSSR count). The van der Waals surface area contributed by atoms with Gasteiger partial charge in [-0.2, -0.15) is 11.6 Å². The van der Waals surface area contributed by atoms with Crippen LogP contribution in [0.15, 0.2) is 97.6 Å². The van der Waals surface area contributed by atoms with Crippen molar-refractivity contribution in [3.05, 3.63) is 126 Å². The second-order valence-electron chi connectivity index (χ2n) is 10.2. The Morgan fingerprint density at radius 2 is 1.37 bits per heavy atom. The van der Waals surface area contributed by atoms with E-state index in [1.165, 1.54) is 65.7 Å². The number of hydrogen-bond donors (Lipinski definition) is 0. The fraction of sp³-hybridized carbons (Fsp3) is 0.200. The van der Waals surface area contributed by atoms with Crippen LogP contribution in [0.4, 0.5) is 0 Å². The first kappa shape index (κ1) is 33.9. The number of rotatable bonds is 3. The van der Waals surface area contributed by atoms with E-state index in [0.717, 1.165) is 17.5 Å². The summed E-state index contributed by atoms with van der Waals surface area (Å²) in [5.41, 5.74) is 6.78. The van der Waals surface area contributed by atoms with Crippen LogP contribution in [0.3, 0.4) is 0 Å². The molecule has 0 aliphatic heterocycles. The van der Waals surface area contributed by atoms with Gasteiger partial charge in [0.2, 0.25) is 0 Å². The maximum atomic E-state index is 3.82. The number of fused-ring (bicyclic) bond motifs is 3. The van der Waals surface area contributed by atoms with E-state index in [0.29, 0.717) is 5.41 Å². The molecule has 0 bridgehead atoms. The third kappa shape index (κ3) is 9.23. The Hall–Kier alpha value is -2.18. The van der Waals surface area contributed by atoms with E-state index in [9.17, 15) is 0 Å². The molecule has 0 saturated heterocycles. The molecule has 0 spiro atoms. The molecular weight excluding hydrogens is 583 g/mol. The predicted molar refractivity (Wildman–Crippen MR) is 158 cm³/mol. The van der Waals surface area contributed by atoms with Gasteiger partial charge in [0.1, 0.15) is 0 Å². The fourth-order valence-electron chi connectivity index (χ4n) is 4.01. The van der Waals surface area contributed by atoms with Crippen LogP contribution in [0.1, 0.15) is 56.4 Å². The van der Waals surface area contributed by atoms with Gasteiger partial charge in [-0.05, 0) is 11.1 Å². The van der Waals surface area contributed by atoms with Crippen molar-refractivity contribution in [1.29, 1.82) is 0 Å². The van der Waals surface area contributed by atoms with Gasteiger partial charge in [-0.15, -0.1) is 46.2 Å². The molecule has 196 valence electrons. The molecule has 4 aromatic carbocycles. The van der Waals surface area contributed by atoms with Crippen LogP contribution in [0, 0.1) is 18.4 Å². The molecule has 0 amide bonds. The summed E-state index contributed by atoms with van der Waals surface area (Å²) in [5.74, 6) is 0. The number of benzene rings is 3. The molecule has 0 saturated carbocycles. The first-order valence-corrected chi connectivity index (χ1v) is 13.6. The summed E-state index contributed by atoms with van der Waals surface area (Å²) in [6, 6.07) is 23.8. The normalized spacial score (nSPS) is 11.7. The first-order valence-electron chi connectivity index (χ1n) is 12.4. The van der Waals surface area contributed by atoms with Crippen LogP contribution in [-0.2, 0) is 24.2 Å². The van der Waals surface area contributed by atoms with Crippen molar-refractivity contribution in [1.82, 2.24) is 0 Å². The molecule has 38 heavy (non-hydrogen) atoms. The average Bonchev–Trinajstić information content (AvgIpc) is 3.53. The zero-order valence-electron chi connectivity index (χ0n) is 23.0. The van der Waals surface area contributed by atoms with Crippen molar-refractivity contribution in [3.63, 3.8) is 0 Å². The van der Waals surface area contributed by atoms with Gasteiger partial charge < -0.3 is 24.8 Å². The van der Waals surface area contributed by atoms with E-state index < -0.39 is 0 Å². The molecule has 0 aromatic heterocycles. The summed E-state index contributed by atoms with van der Waals surface area (Å²) in [6.45, 7) is 18.6. The molecule has 0 radical (unpaired) electrons. The SMILES string of the molecule is C=Cc1ccc2[cH-]c3ccc(C=C)cc3c2c1.CC(C)(C)C1=CC[C-]=C1.C[C](=[Zr+2])c1ccc(C)cc1.[Cl-].[Cl-].